The predicted molar refractivity (Wildman–Crippen MR) is 182 cm³/mol. The van der Waals surface area contributed by atoms with Crippen LogP contribution in [0.1, 0.15) is 48.2 Å². The van der Waals surface area contributed by atoms with Gasteiger partial charge >= 0.3 is 0 Å². The van der Waals surface area contributed by atoms with E-state index >= 15 is 0 Å². The van der Waals surface area contributed by atoms with E-state index < -0.39 is 33.4 Å². The monoisotopic (exact) mass is 673 g/mol. The Hall–Kier alpha value is -5.36. The number of carbonyl (C=O) groups is 1. The number of ether oxygens (including phenoxy) is 1. The Morgan fingerprint density at radius 1 is 1.00 bits per heavy atom. The van der Waals surface area contributed by atoms with Crippen LogP contribution in [0.2, 0.25) is 0 Å². The first-order chi connectivity index (χ1) is 23.6. The van der Waals surface area contributed by atoms with Crippen LogP contribution in [-0.2, 0) is 26.5 Å². The molecule has 4 atom stereocenters. The van der Waals surface area contributed by atoms with Crippen molar-refractivity contribution >= 4 is 32.3 Å². The molecule has 7 heterocycles. The third kappa shape index (κ3) is 3.88. The lowest BCUT2D eigenvalue weighted by molar-refractivity contribution is -0.125. The molecular formula is C37H31N5O6S. The number of amides is 1. The molecule has 6 aromatic rings. The summed E-state index contributed by atoms with van der Waals surface area (Å²) >= 11 is 0. The summed E-state index contributed by atoms with van der Waals surface area (Å²) in [6.45, 7) is 3.93. The number of H-pyrrole nitrogens is 1. The fourth-order valence-electron chi connectivity index (χ4n) is 8.31. The van der Waals surface area contributed by atoms with E-state index in [0.717, 1.165) is 56.2 Å². The summed E-state index contributed by atoms with van der Waals surface area (Å²) in [5, 5.41) is 7.86. The highest BCUT2D eigenvalue weighted by molar-refractivity contribution is 7.90. The summed E-state index contributed by atoms with van der Waals surface area (Å²) in [7, 11) is -3.49. The average Bonchev–Trinajstić information content (AvgIpc) is 3.87. The van der Waals surface area contributed by atoms with Gasteiger partial charge in [-0.05, 0) is 35.6 Å². The number of sulfone groups is 1. The number of benzene rings is 3. The molecule has 0 aliphatic carbocycles. The van der Waals surface area contributed by atoms with Gasteiger partial charge in [-0.3, -0.25) is 4.79 Å². The smallest absolute Gasteiger partial charge is 0.249 e. The Kier molecular flexibility index (Phi) is 5.63. The molecule has 11 nitrogen and oxygen atoms in total. The van der Waals surface area contributed by atoms with Gasteiger partial charge in [0, 0.05) is 51.3 Å². The van der Waals surface area contributed by atoms with Crippen molar-refractivity contribution in [3.63, 3.8) is 0 Å². The molecule has 2 unspecified atom stereocenters. The summed E-state index contributed by atoms with van der Waals surface area (Å²) in [5.74, 6) is 0.579. The number of oxazole rings is 2. The van der Waals surface area contributed by atoms with Gasteiger partial charge in [-0.25, -0.2) is 18.4 Å². The SMILES string of the molecule is CC(C)[C@@H]1NC(=O)C(CS(C)(=O)=O)Cc2ccc3c(c2)C24c5cccc(c5N[C@H]2O3)-c2cccc3[nH]cc(c23)-c2cnc(o2)-c2nc1oc24. The minimum Gasteiger partial charge on any atom is -0.469 e. The maximum atomic E-state index is 13.9. The normalized spacial score (nSPS) is 22.9. The largest absolute Gasteiger partial charge is 0.469 e. The molecule has 0 saturated carbocycles. The number of nitrogens with one attached hydrogen (secondary N) is 3. The zero-order valence-electron chi connectivity index (χ0n) is 26.8. The van der Waals surface area contributed by atoms with Crippen LogP contribution in [0.25, 0.3) is 44.9 Å². The zero-order chi connectivity index (χ0) is 33.4. The van der Waals surface area contributed by atoms with Gasteiger partial charge in [-0.15, -0.1) is 0 Å². The third-order valence-corrected chi connectivity index (χ3v) is 11.4. The maximum Gasteiger partial charge on any atom is 0.249 e. The zero-order valence-corrected chi connectivity index (χ0v) is 27.6. The van der Waals surface area contributed by atoms with E-state index in [2.05, 4.69) is 39.9 Å². The van der Waals surface area contributed by atoms with Gasteiger partial charge in [-0.1, -0.05) is 56.3 Å². The predicted octanol–water partition coefficient (Wildman–Crippen LogP) is 5.97. The number of aromatic amines is 1. The molecule has 3 aromatic carbocycles. The number of carbonyl (C=O) groups excluding carboxylic acids is 1. The molecule has 0 radical (unpaired) electrons. The van der Waals surface area contributed by atoms with Crippen molar-refractivity contribution in [1.82, 2.24) is 20.3 Å². The highest BCUT2D eigenvalue weighted by atomic mass is 32.2. The Morgan fingerprint density at radius 2 is 1.84 bits per heavy atom. The standard InChI is InChI=1S/C37H31N5O6S/c1-17(2)29-35-41-31-32(48-35)37-23-8-4-7-21(20-6-5-9-25-28(20)22(14-38-25)27-15-39-34(31)46-27)30(23)42-36(37)47-26-11-10-18(13-24(26)37)12-19(33(43)40-29)16-49(3,44)45/h4-11,13-15,17,19,29,36,38,42H,12,16H2,1-3H3,(H,40,43)/t19?,29-,36-,37?/m0/s1. The van der Waals surface area contributed by atoms with E-state index in [1.807, 2.05) is 50.4 Å². The fraction of sp³-hybridized carbons (Fsp3) is 0.270. The van der Waals surface area contributed by atoms with Crippen molar-refractivity contribution in [2.75, 3.05) is 17.3 Å². The van der Waals surface area contributed by atoms with E-state index in [4.69, 9.17) is 23.5 Å². The first-order valence-electron chi connectivity index (χ1n) is 16.4. The number of aromatic nitrogens is 3. The van der Waals surface area contributed by atoms with Crippen LogP contribution in [-0.4, -0.2) is 47.5 Å². The molecule has 3 aromatic heterocycles. The van der Waals surface area contributed by atoms with Crippen LogP contribution in [0.5, 0.6) is 5.75 Å². The Bertz CT molecular complexity index is 2510. The number of anilines is 1. The summed E-state index contributed by atoms with van der Waals surface area (Å²) < 4.78 is 45.5. The third-order valence-electron chi connectivity index (χ3n) is 10.4. The second-order valence-corrected chi connectivity index (χ2v) is 16.1. The molecule has 4 aliphatic rings. The van der Waals surface area contributed by atoms with Crippen LogP contribution >= 0.6 is 0 Å². The molecule has 1 amide bonds. The van der Waals surface area contributed by atoms with Crippen molar-refractivity contribution in [2.24, 2.45) is 11.8 Å². The summed E-state index contributed by atoms with van der Waals surface area (Å²) in [6.07, 6.45) is 4.39. The highest BCUT2D eigenvalue weighted by Crippen LogP contribution is 2.61. The van der Waals surface area contributed by atoms with Gasteiger partial charge in [0.2, 0.25) is 17.7 Å². The van der Waals surface area contributed by atoms with Crippen molar-refractivity contribution in [2.45, 2.75) is 38.0 Å². The van der Waals surface area contributed by atoms with Crippen LogP contribution in [0.15, 0.2) is 75.8 Å². The van der Waals surface area contributed by atoms with E-state index in [9.17, 15) is 13.2 Å². The average molecular weight is 674 g/mol. The number of para-hydroxylation sites is 1. The van der Waals surface area contributed by atoms with Crippen molar-refractivity contribution in [1.29, 1.82) is 0 Å². The Morgan fingerprint density at radius 3 is 2.67 bits per heavy atom. The number of rotatable bonds is 3. The van der Waals surface area contributed by atoms with Crippen LogP contribution < -0.4 is 15.4 Å². The van der Waals surface area contributed by atoms with Gasteiger partial charge in [0.05, 0.1) is 17.9 Å². The molecule has 1 spiro atoms. The molecule has 10 rings (SSSR count). The molecule has 49 heavy (non-hydrogen) atoms. The van der Waals surface area contributed by atoms with Gasteiger partial charge in [0.1, 0.15) is 27.0 Å². The lowest BCUT2D eigenvalue weighted by Gasteiger charge is -2.28. The molecule has 0 fully saturated rings. The molecule has 4 aliphatic heterocycles. The highest BCUT2D eigenvalue weighted by Gasteiger charge is 2.61. The quantitative estimate of drug-likeness (QED) is 0.206. The summed E-state index contributed by atoms with van der Waals surface area (Å²) in [6, 6.07) is 17.6. The molecular weight excluding hydrogens is 643 g/mol. The minimum atomic E-state index is -3.49. The lowest BCUT2D eigenvalue weighted by Crippen LogP contribution is -2.41. The second-order valence-electron chi connectivity index (χ2n) is 13.9. The minimum absolute atomic E-state index is 0.155. The van der Waals surface area contributed by atoms with Crippen LogP contribution in [0, 0.1) is 11.8 Å². The molecule has 246 valence electrons. The van der Waals surface area contributed by atoms with Gasteiger partial charge in [0.25, 0.3) is 0 Å². The molecule has 12 heteroatoms. The summed E-state index contributed by atoms with van der Waals surface area (Å²) in [4.78, 5) is 27.2. The van der Waals surface area contributed by atoms with Crippen LogP contribution in [0.3, 0.4) is 0 Å². The molecule has 0 saturated heterocycles. The van der Waals surface area contributed by atoms with E-state index in [1.165, 1.54) is 0 Å². The van der Waals surface area contributed by atoms with E-state index in [0.29, 0.717) is 23.0 Å². The maximum absolute atomic E-state index is 13.9. The Balaban J connectivity index is 1.34. The first-order valence-corrected chi connectivity index (χ1v) is 18.4. The van der Waals surface area contributed by atoms with E-state index in [1.54, 1.807) is 6.20 Å². The second kappa shape index (κ2) is 9.63. The topological polar surface area (TPSA) is 152 Å². The number of hydrogen-bond donors (Lipinski definition) is 3. The van der Waals surface area contributed by atoms with Gasteiger partial charge in [0.15, 0.2) is 23.4 Å². The number of nitrogens with zero attached hydrogens (tertiary/aromatic N) is 2. The lowest BCUT2D eigenvalue weighted by atomic mass is 9.72. The van der Waals surface area contributed by atoms with Crippen molar-refractivity contribution in [3.05, 3.63) is 95.3 Å². The van der Waals surface area contributed by atoms with Crippen LogP contribution in [0.4, 0.5) is 5.69 Å². The van der Waals surface area contributed by atoms with E-state index in [-0.39, 0.29) is 35.8 Å². The Labute approximate surface area is 281 Å². The number of fused-ring (bicyclic) bond motifs is 7. The van der Waals surface area contributed by atoms with Crippen molar-refractivity contribution < 1.29 is 26.8 Å². The first kappa shape index (κ1) is 28.6. The number of hydrogen-bond acceptors (Lipinski definition) is 9. The fourth-order valence-corrected chi connectivity index (χ4v) is 9.31. The summed E-state index contributed by atoms with van der Waals surface area (Å²) in [5.41, 5.74) is 6.66. The van der Waals surface area contributed by atoms with Crippen molar-refractivity contribution in [3.8, 4) is 39.8 Å². The molecule has 10 bridgehead atoms. The van der Waals surface area contributed by atoms with Gasteiger partial charge < -0.3 is 29.2 Å². The van der Waals surface area contributed by atoms with Gasteiger partial charge in [-0.2, -0.15) is 0 Å². The molecule has 3 N–H and O–H groups in total.